The standard InChI is InChI=1S/C15H27N3/c1-5-9-17-15(13(2)3)12-18(4)11-14-8-6-7-10-16-14/h6-8,10,13,15,17H,5,9,11-12H2,1-4H3. The highest BCUT2D eigenvalue weighted by molar-refractivity contribution is 5.03. The van der Waals surface area contributed by atoms with Crippen LogP contribution in [-0.2, 0) is 6.54 Å². The fourth-order valence-corrected chi connectivity index (χ4v) is 2.01. The van der Waals surface area contributed by atoms with Crippen molar-refractivity contribution in [1.29, 1.82) is 0 Å². The van der Waals surface area contributed by atoms with Crippen LogP contribution in [0, 0.1) is 5.92 Å². The van der Waals surface area contributed by atoms with E-state index in [2.05, 4.69) is 49.1 Å². The quantitative estimate of drug-likeness (QED) is 0.767. The van der Waals surface area contributed by atoms with Crippen LogP contribution in [0.25, 0.3) is 0 Å². The zero-order valence-electron chi connectivity index (χ0n) is 12.2. The molecule has 1 unspecified atom stereocenters. The predicted molar refractivity (Wildman–Crippen MR) is 77.5 cm³/mol. The first-order valence-corrected chi connectivity index (χ1v) is 6.95. The Balaban J connectivity index is 2.43. The van der Waals surface area contributed by atoms with Gasteiger partial charge >= 0.3 is 0 Å². The first kappa shape index (κ1) is 15.1. The van der Waals surface area contributed by atoms with Crippen LogP contribution in [0.3, 0.4) is 0 Å². The van der Waals surface area contributed by atoms with Crippen molar-refractivity contribution in [3.05, 3.63) is 30.1 Å². The molecule has 0 aromatic carbocycles. The Bertz CT molecular complexity index is 311. The molecule has 0 aliphatic heterocycles. The van der Waals surface area contributed by atoms with Crippen LogP contribution in [0.2, 0.25) is 0 Å². The average Bonchev–Trinajstić information content (AvgIpc) is 2.35. The van der Waals surface area contributed by atoms with Crippen molar-refractivity contribution < 1.29 is 0 Å². The van der Waals surface area contributed by atoms with E-state index in [1.54, 1.807) is 0 Å². The maximum Gasteiger partial charge on any atom is 0.0543 e. The molecule has 0 radical (unpaired) electrons. The van der Waals surface area contributed by atoms with Crippen molar-refractivity contribution >= 4 is 0 Å². The van der Waals surface area contributed by atoms with Crippen LogP contribution in [0.15, 0.2) is 24.4 Å². The third-order valence-corrected chi connectivity index (χ3v) is 3.13. The van der Waals surface area contributed by atoms with E-state index in [0.29, 0.717) is 12.0 Å². The molecule has 0 amide bonds. The Morgan fingerprint density at radius 1 is 1.33 bits per heavy atom. The highest BCUT2D eigenvalue weighted by atomic mass is 15.1. The zero-order chi connectivity index (χ0) is 13.4. The highest BCUT2D eigenvalue weighted by Crippen LogP contribution is 2.06. The lowest BCUT2D eigenvalue weighted by molar-refractivity contribution is 0.246. The number of nitrogens with one attached hydrogen (secondary N) is 1. The minimum Gasteiger partial charge on any atom is -0.312 e. The fraction of sp³-hybridized carbons (Fsp3) is 0.667. The summed E-state index contributed by atoms with van der Waals surface area (Å²) in [4.78, 5) is 6.71. The van der Waals surface area contributed by atoms with Gasteiger partial charge < -0.3 is 5.32 Å². The molecular weight excluding hydrogens is 222 g/mol. The van der Waals surface area contributed by atoms with Crippen molar-refractivity contribution in [2.24, 2.45) is 5.92 Å². The molecule has 0 fully saturated rings. The predicted octanol–water partition coefficient (Wildman–Crippen LogP) is 2.54. The molecule has 1 aromatic heterocycles. The van der Waals surface area contributed by atoms with Gasteiger partial charge in [0.1, 0.15) is 0 Å². The van der Waals surface area contributed by atoms with Gasteiger partial charge in [-0.15, -0.1) is 0 Å². The zero-order valence-corrected chi connectivity index (χ0v) is 12.2. The number of nitrogens with zero attached hydrogens (tertiary/aromatic N) is 2. The van der Waals surface area contributed by atoms with Gasteiger partial charge in [-0.2, -0.15) is 0 Å². The molecule has 3 nitrogen and oxygen atoms in total. The summed E-state index contributed by atoms with van der Waals surface area (Å²) in [6, 6.07) is 6.65. The monoisotopic (exact) mass is 249 g/mol. The first-order chi connectivity index (χ1) is 8.63. The minimum atomic E-state index is 0.554. The molecule has 1 aromatic rings. The molecule has 0 aliphatic rings. The lowest BCUT2D eigenvalue weighted by Gasteiger charge is -2.27. The van der Waals surface area contributed by atoms with E-state index < -0.39 is 0 Å². The number of rotatable bonds is 8. The van der Waals surface area contributed by atoms with Crippen molar-refractivity contribution in [3.63, 3.8) is 0 Å². The Hall–Kier alpha value is -0.930. The molecule has 1 atom stereocenters. The van der Waals surface area contributed by atoms with Crippen LogP contribution in [0.1, 0.15) is 32.9 Å². The second-order valence-electron chi connectivity index (χ2n) is 5.32. The Morgan fingerprint density at radius 2 is 2.11 bits per heavy atom. The van der Waals surface area contributed by atoms with E-state index in [1.807, 2.05) is 18.3 Å². The third-order valence-electron chi connectivity index (χ3n) is 3.13. The van der Waals surface area contributed by atoms with Gasteiger partial charge in [0.05, 0.1) is 5.69 Å². The number of hydrogen-bond acceptors (Lipinski definition) is 3. The highest BCUT2D eigenvalue weighted by Gasteiger charge is 2.14. The third kappa shape index (κ3) is 5.61. The van der Waals surface area contributed by atoms with Gasteiger partial charge in [0, 0.05) is 25.3 Å². The lowest BCUT2D eigenvalue weighted by atomic mass is 10.0. The van der Waals surface area contributed by atoms with E-state index >= 15 is 0 Å². The summed E-state index contributed by atoms with van der Waals surface area (Å²) >= 11 is 0. The number of aromatic nitrogens is 1. The minimum absolute atomic E-state index is 0.554. The largest absolute Gasteiger partial charge is 0.312 e. The molecule has 1 rings (SSSR count). The van der Waals surface area contributed by atoms with E-state index in [-0.39, 0.29) is 0 Å². The number of hydrogen-bond donors (Lipinski definition) is 1. The van der Waals surface area contributed by atoms with Gasteiger partial charge in [0.25, 0.3) is 0 Å². The van der Waals surface area contributed by atoms with Crippen LogP contribution >= 0.6 is 0 Å². The van der Waals surface area contributed by atoms with Crippen molar-refractivity contribution in [3.8, 4) is 0 Å². The molecule has 0 saturated heterocycles. The van der Waals surface area contributed by atoms with Gasteiger partial charge in [0.2, 0.25) is 0 Å². The van der Waals surface area contributed by atoms with E-state index in [1.165, 1.54) is 6.42 Å². The smallest absolute Gasteiger partial charge is 0.0543 e. The molecule has 3 heteroatoms. The second kappa shape index (κ2) is 8.22. The topological polar surface area (TPSA) is 28.2 Å². The Labute approximate surface area is 112 Å². The van der Waals surface area contributed by atoms with Gasteiger partial charge in [-0.3, -0.25) is 9.88 Å². The van der Waals surface area contributed by atoms with Gasteiger partial charge in [-0.05, 0) is 38.1 Å². The summed E-state index contributed by atoms with van der Waals surface area (Å²) < 4.78 is 0. The van der Waals surface area contributed by atoms with E-state index in [4.69, 9.17) is 0 Å². The molecule has 0 aliphatic carbocycles. The van der Waals surface area contributed by atoms with Crippen LogP contribution in [-0.4, -0.2) is 36.1 Å². The number of likely N-dealkylation sites (N-methyl/N-ethyl adjacent to an activating group) is 1. The Kier molecular flexibility index (Phi) is 6.91. The molecule has 0 bridgehead atoms. The Morgan fingerprint density at radius 3 is 2.67 bits per heavy atom. The first-order valence-electron chi connectivity index (χ1n) is 6.95. The summed E-state index contributed by atoms with van der Waals surface area (Å²) in [6.07, 6.45) is 3.05. The van der Waals surface area contributed by atoms with Crippen LogP contribution in [0.5, 0.6) is 0 Å². The van der Waals surface area contributed by atoms with Crippen molar-refractivity contribution in [2.45, 2.75) is 39.8 Å². The lowest BCUT2D eigenvalue weighted by Crippen LogP contribution is -2.43. The molecule has 0 spiro atoms. The maximum absolute atomic E-state index is 4.37. The van der Waals surface area contributed by atoms with Gasteiger partial charge in [-0.25, -0.2) is 0 Å². The normalized spacial score (nSPS) is 13.2. The summed E-state index contributed by atoms with van der Waals surface area (Å²) in [6.45, 7) is 9.85. The SMILES string of the molecule is CCCNC(CN(C)Cc1ccccn1)C(C)C. The molecule has 102 valence electrons. The summed E-state index contributed by atoms with van der Waals surface area (Å²) in [5.74, 6) is 0.655. The van der Waals surface area contributed by atoms with Gasteiger partial charge in [-0.1, -0.05) is 26.8 Å². The van der Waals surface area contributed by atoms with Gasteiger partial charge in [0.15, 0.2) is 0 Å². The molecule has 1 N–H and O–H groups in total. The summed E-state index contributed by atoms with van der Waals surface area (Å²) in [5.41, 5.74) is 1.14. The van der Waals surface area contributed by atoms with E-state index in [9.17, 15) is 0 Å². The molecule has 0 saturated carbocycles. The fourth-order valence-electron chi connectivity index (χ4n) is 2.01. The van der Waals surface area contributed by atoms with Crippen molar-refractivity contribution in [2.75, 3.05) is 20.1 Å². The summed E-state index contributed by atoms with van der Waals surface area (Å²) in [5, 5.41) is 3.62. The van der Waals surface area contributed by atoms with E-state index in [0.717, 1.165) is 25.3 Å². The molecule has 1 heterocycles. The van der Waals surface area contributed by atoms with Crippen LogP contribution in [0.4, 0.5) is 0 Å². The van der Waals surface area contributed by atoms with Crippen LogP contribution < -0.4 is 5.32 Å². The number of pyridine rings is 1. The second-order valence-corrected chi connectivity index (χ2v) is 5.32. The summed E-state index contributed by atoms with van der Waals surface area (Å²) in [7, 11) is 2.16. The van der Waals surface area contributed by atoms with Crippen molar-refractivity contribution in [1.82, 2.24) is 15.2 Å². The maximum atomic E-state index is 4.37. The molecular formula is C15H27N3. The average molecular weight is 249 g/mol. The molecule has 18 heavy (non-hydrogen) atoms.